The molecule has 0 aliphatic rings. The lowest BCUT2D eigenvalue weighted by molar-refractivity contribution is -0.0337. The Morgan fingerprint density at radius 3 is 1.25 bits per heavy atom. The lowest BCUT2D eigenvalue weighted by atomic mass is 10.4. The van der Waals surface area contributed by atoms with Crippen LogP contribution in [-0.4, -0.2) is 112 Å². The van der Waals surface area contributed by atoms with Gasteiger partial charge in [0, 0.05) is 28.2 Å². The van der Waals surface area contributed by atoms with E-state index in [1.54, 1.807) is 0 Å². The fourth-order valence-corrected chi connectivity index (χ4v) is 2.45. The van der Waals surface area contributed by atoms with E-state index in [-0.39, 0.29) is 7.43 Å². The molecular weight excluding hydrogens is 626 g/mol. The van der Waals surface area contributed by atoms with Crippen LogP contribution in [0.15, 0.2) is 35.2 Å². The van der Waals surface area contributed by atoms with Crippen molar-refractivity contribution >= 4 is 45.1 Å². The molecule has 2 amide bonds. The summed E-state index contributed by atoms with van der Waals surface area (Å²) in [5, 5.41) is -10.3. The molecule has 236 valence electrons. The normalized spacial score (nSPS) is 13.0. The molecule has 0 aromatic heterocycles. The topological polar surface area (TPSA) is 173 Å². The Bertz CT molecular complexity index is 1050. The van der Waals surface area contributed by atoms with E-state index in [1.165, 1.54) is 28.2 Å². The van der Waals surface area contributed by atoms with Crippen molar-refractivity contribution in [2.45, 2.75) is 35.2 Å². The zero-order chi connectivity index (χ0) is 31.4. The number of hydrogen-bond acceptors (Lipinski definition) is 10. The molecule has 12 nitrogen and oxygen atoms in total. The number of hydrogen-bond donors (Lipinski definition) is 0. The highest BCUT2D eigenvalue weighted by atomic mass is 32.2. The van der Waals surface area contributed by atoms with Gasteiger partial charge in [-0.3, -0.25) is 0 Å². The first-order chi connectivity index (χ1) is 17.4. The molecule has 0 N–H and O–H groups in total. The number of halogens is 6. The first kappa shape index (κ1) is 42.0. The van der Waals surface area contributed by atoms with Gasteiger partial charge in [-0.25, -0.2) is 35.2 Å². The molecule has 0 saturated carbocycles. The van der Waals surface area contributed by atoms with Gasteiger partial charge in [0.15, 0.2) is 20.2 Å². The molecule has 0 aliphatic heterocycles. The van der Waals surface area contributed by atoms with Gasteiger partial charge in [-0.2, -0.15) is 17.6 Å². The molecule has 1 aromatic carbocycles. The molecule has 0 bridgehead atoms. The first-order valence-corrected chi connectivity index (χ1v) is 13.1. The lowest BCUT2D eigenvalue weighted by Gasteiger charge is -2.23. The standard InChI is InChI=1S/2C6H10F3NO5S.C6H6S.CH4/c2*1-10(2)5(11)15-3-4(7)6(8,9)16(12,13)14;7-6-4-2-1-3-5-6;/h2*4H,3H2,1-2H3,(H,12,13,14);1-5,7H;1H4/p-1. The van der Waals surface area contributed by atoms with E-state index < -0.39 is 68.5 Å². The van der Waals surface area contributed by atoms with Gasteiger partial charge in [-0.05, 0) is 24.8 Å². The van der Waals surface area contributed by atoms with Gasteiger partial charge in [-0.1, -0.05) is 25.6 Å². The van der Waals surface area contributed by atoms with Crippen molar-refractivity contribution in [3.05, 3.63) is 30.3 Å². The third kappa shape index (κ3) is 14.8. The third-order valence-electron chi connectivity index (χ3n) is 3.61. The second-order valence-electron chi connectivity index (χ2n) is 7.28. The Balaban J connectivity index is -0.000000541. The van der Waals surface area contributed by atoms with E-state index in [2.05, 4.69) is 22.1 Å². The minimum absolute atomic E-state index is 0. The fraction of sp³-hybridized carbons (Fsp3) is 0.579. The molecule has 0 aliphatic carbocycles. The lowest BCUT2D eigenvalue weighted by Crippen LogP contribution is -2.42. The second-order valence-corrected chi connectivity index (χ2v) is 10.8. The predicted molar refractivity (Wildman–Crippen MR) is 131 cm³/mol. The number of ether oxygens (including phenoxy) is 2. The summed E-state index contributed by atoms with van der Waals surface area (Å²) in [5.74, 6) is 0. The van der Waals surface area contributed by atoms with Crippen molar-refractivity contribution in [1.82, 2.24) is 9.80 Å². The molecule has 0 spiro atoms. The minimum Gasteiger partial charge on any atom is -0.743 e. The molecule has 0 heterocycles. The Morgan fingerprint density at radius 2 is 1.07 bits per heavy atom. The molecule has 2 atom stereocenters. The first-order valence-electron chi connectivity index (χ1n) is 9.79. The van der Waals surface area contributed by atoms with Crippen LogP contribution in [0.1, 0.15) is 7.43 Å². The second kappa shape index (κ2) is 17.4. The SMILES string of the molecule is C.CN(C)C(=O)OCC(F)C(F)(F)S(=O)(=O)[O-].CN(C)C(=O)OCC(F)C(F)(F)S(=O)(=O)[O-].[SH2+]c1ccccc1. The van der Waals surface area contributed by atoms with Gasteiger partial charge in [0.2, 0.25) is 12.3 Å². The summed E-state index contributed by atoms with van der Waals surface area (Å²) < 4.78 is 143. The van der Waals surface area contributed by atoms with Gasteiger partial charge < -0.3 is 28.4 Å². The monoisotopic (exact) mass is 655 g/mol. The molecular formula is C19H29F6N2O10S3-. The van der Waals surface area contributed by atoms with Crippen molar-refractivity contribution in [2.75, 3.05) is 41.4 Å². The maximum Gasteiger partial charge on any atom is 0.409 e. The number of nitrogens with zero attached hydrogens (tertiary/aromatic N) is 2. The Morgan fingerprint density at radius 1 is 0.800 bits per heavy atom. The van der Waals surface area contributed by atoms with Crippen molar-refractivity contribution < 1.29 is 71.3 Å². The molecule has 21 heteroatoms. The molecule has 0 radical (unpaired) electrons. The number of amides is 2. The number of rotatable bonds is 8. The zero-order valence-corrected chi connectivity index (χ0v) is 23.1. The highest BCUT2D eigenvalue weighted by Crippen LogP contribution is 2.28. The molecule has 0 saturated heterocycles. The molecule has 40 heavy (non-hydrogen) atoms. The zero-order valence-electron chi connectivity index (χ0n) is 20.5. The summed E-state index contributed by atoms with van der Waals surface area (Å²) in [6.45, 7) is -3.04. The molecule has 2 unspecified atom stereocenters. The van der Waals surface area contributed by atoms with Crippen LogP contribution < -0.4 is 0 Å². The van der Waals surface area contributed by atoms with E-state index in [0.717, 1.165) is 14.7 Å². The van der Waals surface area contributed by atoms with Crippen LogP contribution in [-0.2, 0) is 42.3 Å². The Hall–Kier alpha value is -2.49. The van der Waals surface area contributed by atoms with Crippen LogP contribution in [0.4, 0.5) is 35.9 Å². The maximum atomic E-state index is 12.7. The summed E-state index contributed by atoms with van der Waals surface area (Å²) in [5.41, 5.74) is 0. The van der Waals surface area contributed by atoms with Crippen LogP contribution in [0.3, 0.4) is 0 Å². The number of benzene rings is 1. The van der Waals surface area contributed by atoms with E-state index in [9.17, 15) is 61.9 Å². The van der Waals surface area contributed by atoms with E-state index in [4.69, 9.17) is 0 Å². The van der Waals surface area contributed by atoms with Crippen LogP contribution in [0.5, 0.6) is 0 Å². The summed E-state index contributed by atoms with van der Waals surface area (Å²) >= 11 is 3.36. The minimum atomic E-state index is -6.13. The fourth-order valence-electron chi connectivity index (χ4n) is 1.49. The number of carbonyl (C=O) groups is 2. The highest BCUT2D eigenvalue weighted by Gasteiger charge is 2.49. The molecule has 0 fully saturated rings. The Labute approximate surface area is 233 Å². The maximum absolute atomic E-state index is 12.7. The van der Waals surface area contributed by atoms with Crippen LogP contribution in [0, 0.1) is 0 Å². The van der Waals surface area contributed by atoms with Crippen LogP contribution in [0.2, 0.25) is 0 Å². The quantitative estimate of drug-likeness (QED) is 0.229. The van der Waals surface area contributed by atoms with Gasteiger partial charge in [0.1, 0.15) is 18.1 Å². The van der Waals surface area contributed by atoms with Crippen molar-refractivity contribution in [3.63, 3.8) is 0 Å². The van der Waals surface area contributed by atoms with Gasteiger partial charge >= 0.3 is 22.7 Å². The summed E-state index contributed by atoms with van der Waals surface area (Å²) in [4.78, 5) is 24.1. The Kier molecular flexibility index (Phi) is 18.2. The largest absolute Gasteiger partial charge is 0.743 e. The van der Waals surface area contributed by atoms with E-state index in [0.29, 0.717) is 0 Å². The number of alkyl halides is 6. The average Bonchev–Trinajstić information content (AvgIpc) is 2.79. The molecule has 1 rings (SSSR count). The van der Waals surface area contributed by atoms with Crippen molar-refractivity contribution in [2.24, 2.45) is 0 Å². The average molecular weight is 656 g/mol. The summed E-state index contributed by atoms with van der Waals surface area (Å²) in [7, 11) is -7.44. The molecule has 1 aromatic rings. The smallest absolute Gasteiger partial charge is 0.409 e. The van der Waals surface area contributed by atoms with Gasteiger partial charge in [0.25, 0.3) is 0 Å². The summed E-state index contributed by atoms with van der Waals surface area (Å²) in [6.07, 6.45) is -9.08. The van der Waals surface area contributed by atoms with Crippen molar-refractivity contribution in [3.8, 4) is 0 Å². The van der Waals surface area contributed by atoms with Crippen LogP contribution in [0.25, 0.3) is 0 Å². The summed E-state index contributed by atoms with van der Waals surface area (Å²) in [6, 6.07) is 9.96. The van der Waals surface area contributed by atoms with Crippen LogP contribution >= 0.6 is 0 Å². The highest BCUT2D eigenvalue weighted by molar-refractivity contribution is 7.87. The van der Waals surface area contributed by atoms with E-state index in [1.807, 2.05) is 30.3 Å². The predicted octanol–water partition coefficient (Wildman–Crippen LogP) is 2.01. The van der Waals surface area contributed by atoms with Gasteiger partial charge in [0.05, 0.1) is 0 Å². The van der Waals surface area contributed by atoms with Crippen molar-refractivity contribution in [1.29, 1.82) is 0 Å². The van der Waals surface area contributed by atoms with Gasteiger partial charge in [-0.15, -0.1) is 0 Å². The van der Waals surface area contributed by atoms with E-state index >= 15 is 0 Å². The third-order valence-corrected chi connectivity index (χ3v) is 5.78. The number of carbonyl (C=O) groups excluding carboxylic acids is 2.